The number of amides is 2. The fraction of sp³-hybridized carbons (Fsp3) is 0.286. The maximum atomic E-state index is 13.4. The van der Waals surface area contributed by atoms with Crippen molar-refractivity contribution in [3.63, 3.8) is 0 Å². The first-order chi connectivity index (χ1) is 17.4. The standard InChI is InChI=1S/C28H29F2N3O3/c1-36-24-8-6-19(7-9-24)10-13-31-28(35)25-4-2-3-5-26(25)33-14-11-23(12-15-33)32-27(34)20-16-21(29)18-22(30)17-20/h2-9,16-18,23H,10-15H2,1H3,(H,31,35)(H,32,34). The van der Waals surface area contributed by atoms with Crippen LogP contribution in [0.25, 0.3) is 0 Å². The van der Waals surface area contributed by atoms with Crippen LogP contribution in [-0.4, -0.2) is 44.6 Å². The van der Waals surface area contributed by atoms with Gasteiger partial charge in [-0.15, -0.1) is 0 Å². The third kappa shape index (κ3) is 6.38. The highest BCUT2D eigenvalue weighted by Gasteiger charge is 2.24. The summed E-state index contributed by atoms with van der Waals surface area (Å²) < 4.78 is 32.0. The molecular formula is C28H29F2N3O3. The van der Waals surface area contributed by atoms with Crippen molar-refractivity contribution in [2.75, 3.05) is 31.6 Å². The van der Waals surface area contributed by atoms with Crippen molar-refractivity contribution in [1.29, 1.82) is 0 Å². The van der Waals surface area contributed by atoms with Crippen LogP contribution in [0.1, 0.15) is 39.1 Å². The number of para-hydroxylation sites is 1. The number of carbonyl (C=O) groups excluding carboxylic acids is 2. The molecule has 3 aromatic rings. The zero-order chi connectivity index (χ0) is 25.5. The maximum absolute atomic E-state index is 13.4. The van der Waals surface area contributed by atoms with Gasteiger partial charge < -0.3 is 20.3 Å². The minimum atomic E-state index is -0.783. The lowest BCUT2D eigenvalue weighted by Gasteiger charge is -2.35. The number of halogens is 2. The van der Waals surface area contributed by atoms with Crippen molar-refractivity contribution in [3.05, 3.63) is 95.1 Å². The quantitative estimate of drug-likeness (QED) is 0.490. The summed E-state index contributed by atoms with van der Waals surface area (Å²) in [4.78, 5) is 27.5. The molecule has 0 aliphatic carbocycles. The molecule has 0 atom stereocenters. The van der Waals surface area contributed by atoms with Crippen molar-refractivity contribution < 1.29 is 23.1 Å². The number of ether oxygens (including phenoxy) is 1. The zero-order valence-corrected chi connectivity index (χ0v) is 20.1. The Balaban J connectivity index is 1.31. The molecule has 0 aromatic heterocycles. The second-order valence-electron chi connectivity index (χ2n) is 8.76. The molecule has 1 aliphatic heterocycles. The molecule has 1 heterocycles. The molecule has 8 heteroatoms. The molecule has 6 nitrogen and oxygen atoms in total. The Labute approximate surface area is 209 Å². The van der Waals surface area contributed by atoms with Gasteiger partial charge in [0.1, 0.15) is 17.4 Å². The van der Waals surface area contributed by atoms with Gasteiger partial charge in [-0.3, -0.25) is 9.59 Å². The fourth-order valence-electron chi connectivity index (χ4n) is 4.37. The van der Waals surface area contributed by atoms with E-state index in [1.165, 1.54) is 0 Å². The molecule has 1 aliphatic rings. The highest BCUT2D eigenvalue weighted by atomic mass is 19.1. The third-order valence-corrected chi connectivity index (χ3v) is 6.30. The summed E-state index contributed by atoms with van der Waals surface area (Å²) in [6.07, 6.45) is 2.01. The summed E-state index contributed by atoms with van der Waals surface area (Å²) in [7, 11) is 1.63. The molecule has 0 saturated carbocycles. The minimum Gasteiger partial charge on any atom is -0.497 e. The van der Waals surface area contributed by atoms with E-state index >= 15 is 0 Å². The first-order valence-corrected chi connectivity index (χ1v) is 11.9. The lowest BCUT2D eigenvalue weighted by molar-refractivity contribution is 0.0928. The number of rotatable bonds is 8. The minimum absolute atomic E-state index is 0.0356. The molecule has 0 unspecified atom stereocenters. The van der Waals surface area contributed by atoms with E-state index in [4.69, 9.17) is 4.74 Å². The van der Waals surface area contributed by atoms with Crippen molar-refractivity contribution >= 4 is 17.5 Å². The van der Waals surface area contributed by atoms with E-state index < -0.39 is 17.5 Å². The van der Waals surface area contributed by atoms with Crippen LogP contribution in [0.15, 0.2) is 66.7 Å². The lowest BCUT2D eigenvalue weighted by Crippen LogP contribution is -2.45. The van der Waals surface area contributed by atoms with E-state index in [0.717, 1.165) is 35.2 Å². The Bertz CT molecular complexity index is 1190. The normalized spacial score (nSPS) is 13.8. The molecule has 0 radical (unpaired) electrons. The Morgan fingerprint density at radius 1 is 0.944 bits per heavy atom. The van der Waals surface area contributed by atoms with E-state index in [-0.39, 0.29) is 17.5 Å². The molecule has 2 amide bonds. The Kier molecular flexibility index (Phi) is 8.15. The van der Waals surface area contributed by atoms with Gasteiger partial charge in [0.05, 0.1) is 12.7 Å². The average molecular weight is 494 g/mol. The van der Waals surface area contributed by atoms with Crippen molar-refractivity contribution in [2.24, 2.45) is 0 Å². The van der Waals surface area contributed by atoms with Crippen molar-refractivity contribution in [2.45, 2.75) is 25.3 Å². The second-order valence-corrected chi connectivity index (χ2v) is 8.76. The van der Waals surface area contributed by atoms with Gasteiger partial charge in [-0.05, 0) is 61.2 Å². The number of methoxy groups -OCH3 is 1. The molecule has 4 rings (SSSR count). The number of carbonyl (C=O) groups is 2. The van der Waals surface area contributed by atoms with Gasteiger partial charge in [-0.1, -0.05) is 24.3 Å². The molecule has 3 aromatic carbocycles. The van der Waals surface area contributed by atoms with Crippen molar-refractivity contribution in [1.82, 2.24) is 10.6 Å². The van der Waals surface area contributed by atoms with Crippen LogP contribution in [0.3, 0.4) is 0 Å². The third-order valence-electron chi connectivity index (χ3n) is 6.30. The molecule has 1 saturated heterocycles. The summed E-state index contributed by atoms with van der Waals surface area (Å²) in [5.74, 6) is -1.41. The van der Waals surface area contributed by atoms with Crippen LogP contribution in [0.5, 0.6) is 5.75 Å². The van der Waals surface area contributed by atoms with E-state index in [0.29, 0.717) is 44.5 Å². The number of nitrogens with one attached hydrogen (secondary N) is 2. The Hall–Kier alpha value is -3.94. The van der Waals surface area contributed by atoms with Gasteiger partial charge in [0.2, 0.25) is 0 Å². The first-order valence-electron chi connectivity index (χ1n) is 11.9. The average Bonchev–Trinajstić information content (AvgIpc) is 2.89. The summed E-state index contributed by atoms with van der Waals surface area (Å²) in [5, 5.41) is 5.87. The van der Waals surface area contributed by atoms with Gasteiger partial charge in [0.25, 0.3) is 11.8 Å². The van der Waals surface area contributed by atoms with Crippen LogP contribution in [0, 0.1) is 11.6 Å². The second kappa shape index (κ2) is 11.7. The summed E-state index contributed by atoms with van der Waals surface area (Å²) in [6, 6.07) is 17.9. The highest BCUT2D eigenvalue weighted by Crippen LogP contribution is 2.24. The predicted octanol–water partition coefficient (Wildman–Crippen LogP) is 4.34. The van der Waals surface area contributed by atoms with Crippen molar-refractivity contribution in [3.8, 4) is 5.75 Å². The Morgan fingerprint density at radius 3 is 2.28 bits per heavy atom. The SMILES string of the molecule is COc1ccc(CCNC(=O)c2ccccc2N2CCC(NC(=O)c3cc(F)cc(F)c3)CC2)cc1. The van der Waals surface area contributed by atoms with Crippen LogP contribution in [-0.2, 0) is 6.42 Å². The lowest BCUT2D eigenvalue weighted by atomic mass is 10.0. The number of piperidine rings is 1. The van der Waals surface area contributed by atoms with Crippen LogP contribution in [0.2, 0.25) is 0 Å². The van der Waals surface area contributed by atoms with Gasteiger partial charge in [-0.2, -0.15) is 0 Å². The first kappa shape index (κ1) is 25.2. The van der Waals surface area contributed by atoms with E-state index in [9.17, 15) is 18.4 Å². The topological polar surface area (TPSA) is 70.7 Å². The number of hydrogen-bond acceptors (Lipinski definition) is 4. The van der Waals surface area contributed by atoms with Crippen LogP contribution >= 0.6 is 0 Å². The molecule has 0 bridgehead atoms. The van der Waals surface area contributed by atoms with Gasteiger partial charge >= 0.3 is 0 Å². The van der Waals surface area contributed by atoms with Crippen LogP contribution < -0.4 is 20.3 Å². The Morgan fingerprint density at radius 2 is 1.61 bits per heavy atom. The number of nitrogens with zero attached hydrogens (tertiary/aromatic N) is 1. The largest absolute Gasteiger partial charge is 0.497 e. The highest BCUT2D eigenvalue weighted by molar-refractivity contribution is 6.00. The summed E-state index contributed by atoms with van der Waals surface area (Å²) >= 11 is 0. The molecule has 2 N–H and O–H groups in total. The molecule has 36 heavy (non-hydrogen) atoms. The monoisotopic (exact) mass is 493 g/mol. The molecule has 0 spiro atoms. The number of benzene rings is 3. The molecule has 188 valence electrons. The summed E-state index contributed by atoms with van der Waals surface area (Å²) in [6.45, 7) is 1.78. The molecule has 1 fully saturated rings. The van der Waals surface area contributed by atoms with Crippen LogP contribution in [0.4, 0.5) is 14.5 Å². The maximum Gasteiger partial charge on any atom is 0.253 e. The summed E-state index contributed by atoms with van der Waals surface area (Å²) in [5.41, 5.74) is 2.52. The number of hydrogen-bond donors (Lipinski definition) is 2. The van der Waals surface area contributed by atoms with Gasteiger partial charge in [0.15, 0.2) is 0 Å². The predicted molar refractivity (Wildman–Crippen MR) is 135 cm³/mol. The smallest absolute Gasteiger partial charge is 0.253 e. The van der Waals surface area contributed by atoms with E-state index in [2.05, 4.69) is 15.5 Å². The van der Waals surface area contributed by atoms with Gasteiger partial charge in [-0.25, -0.2) is 8.78 Å². The molecular weight excluding hydrogens is 464 g/mol. The van der Waals surface area contributed by atoms with E-state index in [1.807, 2.05) is 48.5 Å². The zero-order valence-electron chi connectivity index (χ0n) is 20.1. The fourth-order valence-corrected chi connectivity index (χ4v) is 4.37. The van der Waals surface area contributed by atoms with E-state index in [1.54, 1.807) is 7.11 Å². The van der Waals surface area contributed by atoms with Gasteiger partial charge in [0, 0.05) is 43.0 Å². The number of anilines is 1.